The SMILES string of the molecule is CCn1c2ccccc2c2cc(NC3=CC(=O)C(Cl)(Nc4ccc5c(c4)c4ccccc4n5CC)C(Cl)C3=O)ccc21. The number of carbonyl (C=O) groups is 2. The van der Waals surface area contributed by atoms with Crippen LogP contribution in [0, 0.1) is 0 Å². The second kappa shape index (κ2) is 9.93. The van der Waals surface area contributed by atoms with Crippen molar-refractivity contribution in [2.24, 2.45) is 0 Å². The molecule has 7 rings (SSSR count). The van der Waals surface area contributed by atoms with E-state index in [0.717, 1.165) is 56.7 Å². The van der Waals surface area contributed by atoms with Gasteiger partial charge in [-0.2, -0.15) is 0 Å². The van der Waals surface area contributed by atoms with Crippen LogP contribution in [0.25, 0.3) is 43.6 Å². The number of halogens is 2. The van der Waals surface area contributed by atoms with Crippen LogP contribution in [0.1, 0.15) is 13.8 Å². The molecule has 2 aromatic heterocycles. The summed E-state index contributed by atoms with van der Waals surface area (Å²) in [6.45, 7) is 5.88. The molecule has 0 saturated heterocycles. The third-order valence-electron chi connectivity index (χ3n) is 8.26. The normalized spacial score (nSPS) is 19.2. The van der Waals surface area contributed by atoms with E-state index in [-0.39, 0.29) is 5.70 Å². The molecule has 6 nitrogen and oxygen atoms in total. The molecule has 0 saturated carbocycles. The van der Waals surface area contributed by atoms with Gasteiger partial charge < -0.3 is 19.8 Å². The summed E-state index contributed by atoms with van der Waals surface area (Å²) < 4.78 is 4.49. The molecule has 42 heavy (non-hydrogen) atoms. The topological polar surface area (TPSA) is 68.1 Å². The second-order valence-corrected chi connectivity index (χ2v) is 11.6. The van der Waals surface area contributed by atoms with Gasteiger partial charge in [0.2, 0.25) is 11.6 Å². The number of aromatic nitrogens is 2. The van der Waals surface area contributed by atoms with Gasteiger partial charge in [0, 0.05) is 74.2 Å². The van der Waals surface area contributed by atoms with Crippen molar-refractivity contribution in [1.82, 2.24) is 9.13 Å². The van der Waals surface area contributed by atoms with Crippen molar-refractivity contribution in [3.63, 3.8) is 0 Å². The number of para-hydroxylation sites is 2. The van der Waals surface area contributed by atoms with Crippen molar-refractivity contribution < 1.29 is 9.59 Å². The number of anilines is 2. The van der Waals surface area contributed by atoms with Gasteiger partial charge in [-0.15, -0.1) is 11.6 Å². The summed E-state index contributed by atoms with van der Waals surface area (Å²) in [6.07, 6.45) is 1.25. The average molecular weight is 596 g/mol. The van der Waals surface area contributed by atoms with Crippen LogP contribution in [-0.4, -0.2) is 31.1 Å². The fraction of sp³-hybridized carbons (Fsp3) is 0.176. The molecule has 2 heterocycles. The van der Waals surface area contributed by atoms with Gasteiger partial charge in [0.25, 0.3) is 0 Å². The lowest BCUT2D eigenvalue weighted by atomic mass is 9.94. The molecule has 0 bridgehead atoms. The fourth-order valence-electron chi connectivity index (χ4n) is 6.28. The number of hydrogen-bond donors (Lipinski definition) is 2. The maximum Gasteiger partial charge on any atom is 0.201 e. The molecule has 210 valence electrons. The van der Waals surface area contributed by atoms with Crippen molar-refractivity contribution in [2.75, 3.05) is 10.6 Å². The molecule has 6 aromatic rings. The van der Waals surface area contributed by atoms with E-state index in [1.165, 1.54) is 6.08 Å². The predicted octanol–water partition coefficient (Wildman–Crippen LogP) is 8.04. The Labute approximate surface area is 252 Å². The minimum absolute atomic E-state index is 0.109. The maximum atomic E-state index is 13.5. The van der Waals surface area contributed by atoms with Crippen LogP contribution < -0.4 is 10.6 Å². The highest BCUT2D eigenvalue weighted by Crippen LogP contribution is 2.38. The molecule has 2 atom stereocenters. The summed E-state index contributed by atoms with van der Waals surface area (Å²) in [5.41, 5.74) is 5.85. The van der Waals surface area contributed by atoms with Crippen LogP contribution in [0.15, 0.2) is 96.7 Å². The summed E-state index contributed by atoms with van der Waals surface area (Å²) in [7, 11) is 0. The van der Waals surface area contributed by atoms with E-state index >= 15 is 0 Å². The highest BCUT2D eigenvalue weighted by Gasteiger charge is 2.50. The van der Waals surface area contributed by atoms with Crippen LogP contribution in [0.3, 0.4) is 0 Å². The van der Waals surface area contributed by atoms with Crippen molar-refractivity contribution >= 4 is 89.8 Å². The zero-order valence-electron chi connectivity index (χ0n) is 23.1. The first-order chi connectivity index (χ1) is 20.3. The lowest BCUT2D eigenvalue weighted by molar-refractivity contribution is -0.123. The summed E-state index contributed by atoms with van der Waals surface area (Å²) in [5.74, 6) is -0.954. The standard InChI is InChI=1S/C34H28Cl2N4O2/c1-3-39-27-11-7-5-9-22(27)24-17-20(13-15-29(24)39)37-26-19-31(41)34(36,33(35)32(26)42)38-21-14-16-30-25(18-21)23-10-6-8-12-28(23)40(30)4-2/h5-19,33,37-38H,3-4H2,1-2H3. The largest absolute Gasteiger partial charge is 0.359 e. The fourth-order valence-corrected chi connectivity index (χ4v) is 6.82. The maximum absolute atomic E-state index is 13.5. The van der Waals surface area contributed by atoms with Crippen molar-refractivity contribution in [3.05, 3.63) is 96.7 Å². The molecule has 2 unspecified atom stereocenters. The Morgan fingerprint density at radius 2 is 1.21 bits per heavy atom. The van der Waals surface area contributed by atoms with E-state index in [1.807, 2.05) is 60.7 Å². The van der Waals surface area contributed by atoms with Crippen LogP contribution in [0.5, 0.6) is 0 Å². The minimum atomic E-state index is -1.83. The third-order valence-corrected chi connectivity index (χ3v) is 9.40. The van der Waals surface area contributed by atoms with E-state index in [4.69, 9.17) is 23.2 Å². The third kappa shape index (κ3) is 3.93. The van der Waals surface area contributed by atoms with Gasteiger partial charge >= 0.3 is 0 Å². The lowest BCUT2D eigenvalue weighted by Crippen LogP contribution is -2.55. The minimum Gasteiger partial charge on any atom is -0.359 e. The highest BCUT2D eigenvalue weighted by molar-refractivity contribution is 6.51. The Bertz CT molecular complexity index is 2110. The van der Waals surface area contributed by atoms with Crippen LogP contribution >= 0.6 is 23.2 Å². The molecule has 0 aliphatic heterocycles. The molecule has 4 aromatic carbocycles. The Morgan fingerprint density at radius 3 is 1.79 bits per heavy atom. The van der Waals surface area contributed by atoms with Crippen molar-refractivity contribution in [1.29, 1.82) is 0 Å². The first kappa shape index (κ1) is 26.6. The highest BCUT2D eigenvalue weighted by atomic mass is 35.5. The predicted molar refractivity (Wildman–Crippen MR) is 174 cm³/mol. The molecule has 1 aliphatic carbocycles. The van der Waals surface area contributed by atoms with Gasteiger partial charge in [-0.05, 0) is 62.4 Å². The molecule has 0 spiro atoms. The summed E-state index contributed by atoms with van der Waals surface area (Å²) in [6, 6.07) is 28.1. The number of aryl methyl sites for hydroxylation is 2. The number of hydrogen-bond acceptors (Lipinski definition) is 4. The van der Waals surface area contributed by atoms with E-state index in [9.17, 15) is 9.59 Å². The number of Topliss-reactive ketones (excluding diaryl/α,β-unsaturated/α-hetero) is 1. The Balaban J connectivity index is 1.21. The second-order valence-electron chi connectivity index (χ2n) is 10.6. The van der Waals surface area contributed by atoms with Crippen LogP contribution in [-0.2, 0) is 22.7 Å². The summed E-state index contributed by atoms with van der Waals surface area (Å²) >= 11 is 13.5. The number of nitrogens with zero attached hydrogens (tertiary/aromatic N) is 2. The van der Waals surface area contributed by atoms with E-state index in [2.05, 4.69) is 57.9 Å². The number of nitrogens with one attached hydrogen (secondary N) is 2. The van der Waals surface area contributed by atoms with Crippen molar-refractivity contribution in [2.45, 2.75) is 37.3 Å². The lowest BCUT2D eigenvalue weighted by Gasteiger charge is -2.34. The molecule has 8 heteroatoms. The van der Waals surface area contributed by atoms with Gasteiger partial charge in [0.15, 0.2) is 5.00 Å². The molecular formula is C34H28Cl2N4O2. The van der Waals surface area contributed by atoms with E-state index in [1.54, 1.807) is 0 Å². The van der Waals surface area contributed by atoms with Crippen LogP contribution in [0.4, 0.5) is 11.4 Å². The first-order valence-electron chi connectivity index (χ1n) is 14.0. The van der Waals surface area contributed by atoms with Crippen LogP contribution in [0.2, 0.25) is 0 Å². The van der Waals surface area contributed by atoms with Gasteiger partial charge in [0.1, 0.15) is 5.38 Å². The number of allylic oxidation sites excluding steroid dienone is 1. The van der Waals surface area contributed by atoms with Gasteiger partial charge in [-0.1, -0.05) is 48.0 Å². The molecule has 1 aliphatic rings. The monoisotopic (exact) mass is 594 g/mol. The molecule has 0 radical (unpaired) electrons. The number of benzene rings is 4. The van der Waals surface area contributed by atoms with Gasteiger partial charge in [-0.3, -0.25) is 9.59 Å². The van der Waals surface area contributed by atoms with Crippen molar-refractivity contribution in [3.8, 4) is 0 Å². The molecule has 0 amide bonds. The Morgan fingerprint density at radius 1 is 0.714 bits per heavy atom. The zero-order valence-corrected chi connectivity index (χ0v) is 24.6. The van der Waals surface area contributed by atoms with E-state index < -0.39 is 21.9 Å². The van der Waals surface area contributed by atoms with Gasteiger partial charge in [-0.25, -0.2) is 0 Å². The Hall–Kier alpha value is -4.26. The molecule has 2 N–H and O–H groups in total. The van der Waals surface area contributed by atoms with E-state index in [0.29, 0.717) is 11.4 Å². The Kier molecular flexibility index (Phi) is 6.30. The number of rotatable bonds is 6. The number of carbonyl (C=O) groups excluding carboxylic acids is 2. The number of alkyl halides is 2. The average Bonchev–Trinajstić information content (AvgIpc) is 3.50. The smallest absolute Gasteiger partial charge is 0.201 e. The zero-order chi connectivity index (χ0) is 29.2. The quantitative estimate of drug-likeness (QED) is 0.151. The number of ketones is 2. The summed E-state index contributed by atoms with van der Waals surface area (Å²) in [4.78, 5) is 25.1. The molecule has 0 fully saturated rings. The first-order valence-corrected chi connectivity index (χ1v) is 14.9. The number of fused-ring (bicyclic) bond motifs is 6. The summed E-state index contributed by atoms with van der Waals surface area (Å²) in [5, 5.41) is 9.19. The molecular weight excluding hydrogens is 567 g/mol. The van der Waals surface area contributed by atoms with Gasteiger partial charge in [0.05, 0.1) is 5.70 Å².